The second-order valence-electron chi connectivity index (χ2n) is 5.65. The van der Waals surface area contributed by atoms with Crippen molar-refractivity contribution < 1.29 is 14.7 Å². The molecule has 1 saturated carbocycles. The summed E-state index contributed by atoms with van der Waals surface area (Å²) < 4.78 is 0.867. The molecule has 0 spiro atoms. The third kappa shape index (κ3) is 2.48. The molecule has 0 aliphatic heterocycles. The number of allylic oxidation sites excluding steroid dienone is 2. The van der Waals surface area contributed by atoms with Gasteiger partial charge in [-0.3, -0.25) is 9.59 Å². The number of aliphatic carboxylic acids is 1. The summed E-state index contributed by atoms with van der Waals surface area (Å²) in [5.41, 5.74) is 0.961. The van der Waals surface area contributed by atoms with Crippen molar-refractivity contribution >= 4 is 33.6 Å². The minimum atomic E-state index is -0.896. The van der Waals surface area contributed by atoms with Crippen molar-refractivity contribution in [2.45, 2.75) is 13.3 Å². The summed E-state index contributed by atoms with van der Waals surface area (Å²) in [5, 5.41) is 12.1. The van der Waals surface area contributed by atoms with Gasteiger partial charge in [-0.2, -0.15) is 0 Å². The first-order valence-electron chi connectivity index (χ1n) is 6.81. The largest absolute Gasteiger partial charge is 0.481 e. The normalized spacial score (nSPS) is 29.6. The number of halogens is 1. The molecule has 1 heterocycles. The highest BCUT2D eigenvalue weighted by atomic mass is 79.9. The van der Waals surface area contributed by atoms with Crippen molar-refractivity contribution in [1.82, 2.24) is 4.98 Å². The van der Waals surface area contributed by atoms with Crippen LogP contribution in [0.5, 0.6) is 0 Å². The highest BCUT2D eigenvalue weighted by Crippen LogP contribution is 2.48. The van der Waals surface area contributed by atoms with Gasteiger partial charge in [-0.25, -0.2) is 4.98 Å². The van der Waals surface area contributed by atoms with Gasteiger partial charge >= 0.3 is 5.97 Å². The molecule has 6 heteroatoms. The van der Waals surface area contributed by atoms with Crippen molar-refractivity contribution in [3.8, 4) is 0 Å². The van der Waals surface area contributed by atoms with Crippen molar-refractivity contribution in [2.24, 2.45) is 23.7 Å². The number of pyridine rings is 1. The van der Waals surface area contributed by atoms with Crippen LogP contribution in [0.15, 0.2) is 28.9 Å². The van der Waals surface area contributed by atoms with Crippen LogP contribution in [-0.4, -0.2) is 22.0 Å². The van der Waals surface area contributed by atoms with E-state index in [2.05, 4.69) is 26.2 Å². The van der Waals surface area contributed by atoms with Crippen LogP contribution in [0.3, 0.4) is 0 Å². The highest BCUT2D eigenvalue weighted by Gasteiger charge is 2.51. The Morgan fingerprint density at radius 2 is 2.00 bits per heavy atom. The lowest BCUT2D eigenvalue weighted by Crippen LogP contribution is -2.36. The minimum absolute atomic E-state index is 0.0210. The number of aromatic nitrogens is 1. The van der Waals surface area contributed by atoms with Gasteiger partial charge in [0.1, 0.15) is 5.82 Å². The van der Waals surface area contributed by atoms with Crippen LogP contribution in [-0.2, 0) is 9.59 Å². The molecule has 5 nitrogen and oxygen atoms in total. The number of carboxylic acid groups (broad SMARTS) is 1. The van der Waals surface area contributed by atoms with Gasteiger partial charge in [0.25, 0.3) is 0 Å². The van der Waals surface area contributed by atoms with E-state index in [1.807, 2.05) is 19.1 Å². The molecular formula is C15H15BrN2O3. The van der Waals surface area contributed by atoms with Crippen molar-refractivity contribution in [3.05, 3.63) is 34.5 Å². The molecule has 1 fully saturated rings. The van der Waals surface area contributed by atoms with E-state index in [1.54, 1.807) is 12.3 Å². The van der Waals surface area contributed by atoms with Crippen LogP contribution in [0, 0.1) is 30.6 Å². The fraction of sp³-hybridized carbons (Fsp3) is 0.400. The third-order valence-corrected chi connectivity index (χ3v) is 5.18. The molecule has 4 atom stereocenters. The van der Waals surface area contributed by atoms with Crippen LogP contribution in [0.1, 0.15) is 12.0 Å². The zero-order chi connectivity index (χ0) is 15.1. The molecule has 2 bridgehead atoms. The Morgan fingerprint density at radius 1 is 1.33 bits per heavy atom. The number of hydrogen-bond acceptors (Lipinski definition) is 3. The maximum atomic E-state index is 12.5. The summed E-state index contributed by atoms with van der Waals surface area (Å²) in [6, 6.07) is 1.76. The van der Waals surface area contributed by atoms with Gasteiger partial charge in [0.2, 0.25) is 5.91 Å². The van der Waals surface area contributed by atoms with E-state index in [9.17, 15) is 14.7 Å². The molecule has 0 saturated heterocycles. The molecule has 4 unspecified atom stereocenters. The number of carboxylic acids is 1. The Hall–Kier alpha value is -1.69. The summed E-state index contributed by atoms with van der Waals surface area (Å²) >= 11 is 3.35. The molecule has 2 N–H and O–H groups in total. The fourth-order valence-corrected chi connectivity index (χ4v) is 3.55. The molecular weight excluding hydrogens is 336 g/mol. The van der Waals surface area contributed by atoms with E-state index in [0.717, 1.165) is 16.5 Å². The number of carbonyl (C=O) groups is 2. The first-order chi connectivity index (χ1) is 9.97. The van der Waals surface area contributed by atoms with Crippen LogP contribution in [0.2, 0.25) is 0 Å². The van der Waals surface area contributed by atoms with Crippen LogP contribution in [0.4, 0.5) is 5.82 Å². The van der Waals surface area contributed by atoms with E-state index in [4.69, 9.17) is 0 Å². The smallest absolute Gasteiger partial charge is 0.307 e. The van der Waals surface area contributed by atoms with Crippen molar-refractivity contribution in [3.63, 3.8) is 0 Å². The zero-order valence-corrected chi connectivity index (χ0v) is 13.0. The van der Waals surface area contributed by atoms with Crippen molar-refractivity contribution in [2.75, 3.05) is 5.32 Å². The van der Waals surface area contributed by atoms with E-state index >= 15 is 0 Å². The zero-order valence-electron chi connectivity index (χ0n) is 11.4. The summed E-state index contributed by atoms with van der Waals surface area (Å²) in [7, 11) is 0. The second-order valence-corrected chi connectivity index (χ2v) is 6.50. The van der Waals surface area contributed by atoms with Gasteiger partial charge in [-0.15, -0.1) is 0 Å². The lowest BCUT2D eigenvalue weighted by molar-refractivity contribution is -0.146. The highest BCUT2D eigenvalue weighted by molar-refractivity contribution is 9.10. The Morgan fingerprint density at radius 3 is 2.62 bits per heavy atom. The second kappa shape index (κ2) is 5.26. The first kappa shape index (κ1) is 14.3. The molecule has 110 valence electrons. The molecule has 0 radical (unpaired) electrons. The molecule has 2 aliphatic carbocycles. The lowest BCUT2D eigenvalue weighted by atomic mass is 9.82. The predicted molar refractivity (Wildman–Crippen MR) is 80.7 cm³/mol. The quantitative estimate of drug-likeness (QED) is 0.821. The number of hydrogen-bond donors (Lipinski definition) is 2. The maximum Gasteiger partial charge on any atom is 0.307 e. The Kier molecular flexibility index (Phi) is 3.57. The molecule has 1 amide bonds. The maximum absolute atomic E-state index is 12.5. The number of nitrogens with zero attached hydrogens (tertiary/aromatic N) is 1. The number of aryl methyl sites for hydroxylation is 1. The molecule has 21 heavy (non-hydrogen) atoms. The number of rotatable bonds is 3. The minimum Gasteiger partial charge on any atom is -0.481 e. The molecule has 2 aliphatic rings. The lowest BCUT2D eigenvalue weighted by Gasteiger charge is -2.23. The topological polar surface area (TPSA) is 79.3 Å². The SMILES string of the molecule is Cc1cc(NC(=O)C2C3C=CC(C3)C2C(=O)O)ncc1Br. The third-order valence-electron chi connectivity index (χ3n) is 4.35. The summed E-state index contributed by atoms with van der Waals surface area (Å²) in [6.07, 6.45) is 6.27. The monoisotopic (exact) mass is 350 g/mol. The number of nitrogens with one attached hydrogen (secondary N) is 1. The average Bonchev–Trinajstić information content (AvgIpc) is 3.03. The molecule has 0 aromatic carbocycles. The van der Waals surface area contributed by atoms with E-state index < -0.39 is 17.8 Å². The summed E-state index contributed by atoms with van der Waals surface area (Å²) in [4.78, 5) is 28.0. The Labute approximate surface area is 130 Å². The van der Waals surface area contributed by atoms with Gasteiger partial charge in [-0.05, 0) is 52.7 Å². The predicted octanol–water partition coefficient (Wildman–Crippen LogP) is 2.61. The Bertz CT molecular complexity index is 644. The van der Waals surface area contributed by atoms with Crippen LogP contribution >= 0.6 is 15.9 Å². The number of carbonyl (C=O) groups excluding carboxylic acids is 1. The van der Waals surface area contributed by atoms with Crippen LogP contribution < -0.4 is 5.32 Å². The number of anilines is 1. The number of fused-ring (bicyclic) bond motifs is 2. The fourth-order valence-electron chi connectivity index (χ4n) is 3.33. The van der Waals surface area contributed by atoms with E-state index in [1.165, 1.54) is 0 Å². The molecule has 1 aromatic heterocycles. The van der Waals surface area contributed by atoms with E-state index in [0.29, 0.717) is 5.82 Å². The van der Waals surface area contributed by atoms with Gasteiger partial charge in [0, 0.05) is 10.7 Å². The number of amides is 1. The molecule has 1 aromatic rings. The molecule has 3 rings (SSSR count). The summed E-state index contributed by atoms with van der Waals surface area (Å²) in [6.45, 7) is 1.90. The van der Waals surface area contributed by atoms with Gasteiger partial charge in [0.05, 0.1) is 11.8 Å². The standard InChI is InChI=1S/C15H15BrN2O3/c1-7-4-11(17-6-10(7)16)18-14(19)12-8-2-3-9(5-8)13(12)15(20)21/h2-4,6,8-9,12-13H,5H2,1H3,(H,20,21)(H,17,18,19). The summed E-state index contributed by atoms with van der Waals surface area (Å²) in [5.74, 6) is -1.84. The van der Waals surface area contributed by atoms with Gasteiger partial charge < -0.3 is 10.4 Å². The van der Waals surface area contributed by atoms with Gasteiger partial charge in [-0.1, -0.05) is 12.2 Å². The van der Waals surface area contributed by atoms with Gasteiger partial charge in [0.15, 0.2) is 0 Å². The van der Waals surface area contributed by atoms with Crippen molar-refractivity contribution in [1.29, 1.82) is 0 Å². The van der Waals surface area contributed by atoms with E-state index in [-0.39, 0.29) is 17.7 Å². The van der Waals surface area contributed by atoms with Crippen LogP contribution in [0.25, 0.3) is 0 Å². The Balaban J connectivity index is 1.80. The average molecular weight is 351 g/mol. The first-order valence-corrected chi connectivity index (χ1v) is 7.61.